The molecule has 57 heavy (non-hydrogen) atoms. The summed E-state index contributed by atoms with van der Waals surface area (Å²) in [5, 5.41) is 3.15. The van der Waals surface area contributed by atoms with E-state index in [0.29, 0.717) is 5.82 Å². The Kier molecular flexibility index (Phi) is 7.97. The van der Waals surface area contributed by atoms with Crippen LogP contribution in [0.15, 0.2) is 205 Å². The Labute approximate surface area is 333 Å². The van der Waals surface area contributed by atoms with Crippen LogP contribution in [-0.4, -0.2) is 9.97 Å². The average Bonchev–Trinajstić information content (AvgIpc) is 3.86. The number of fused-ring (bicyclic) bond motifs is 6. The fourth-order valence-electron chi connectivity index (χ4n) is 7.98. The Morgan fingerprint density at radius 3 is 1.82 bits per heavy atom. The Morgan fingerprint density at radius 1 is 0.421 bits per heavy atom. The van der Waals surface area contributed by atoms with E-state index < -0.39 is 0 Å². The maximum absolute atomic E-state index is 6.70. The molecule has 8 aromatic carbocycles. The fraction of sp³-hybridized carbons (Fsp3) is 0. The van der Waals surface area contributed by atoms with Crippen LogP contribution in [0.3, 0.4) is 0 Å². The van der Waals surface area contributed by atoms with Crippen LogP contribution in [-0.2, 0) is 0 Å². The van der Waals surface area contributed by atoms with Crippen LogP contribution in [0.25, 0.3) is 87.1 Å². The van der Waals surface area contributed by atoms with E-state index in [9.17, 15) is 0 Å². The van der Waals surface area contributed by atoms with Crippen LogP contribution in [0.2, 0.25) is 0 Å². The summed E-state index contributed by atoms with van der Waals surface area (Å²) in [6.07, 6.45) is 0. The summed E-state index contributed by atoms with van der Waals surface area (Å²) in [4.78, 5) is 13.0. The minimum absolute atomic E-state index is 0.675. The second-order valence-electron chi connectivity index (χ2n) is 14.2. The van der Waals surface area contributed by atoms with E-state index in [2.05, 4.69) is 187 Å². The van der Waals surface area contributed by atoms with Gasteiger partial charge in [-0.25, -0.2) is 9.97 Å². The molecule has 0 spiro atoms. The van der Waals surface area contributed by atoms with Gasteiger partial charge in [-0.3, -0.25) is 0 Å². The monoisotopic (exact) mass is 747 g/mol. The lowest BCUT2D eigenvalue weighted by Crippen LogP contribution is -2.09. The summed E-state index contributed by atoms with van der Waals surface area (Å²) in [6.45, 7) is 0. The largest absolute Gasteiger partial charge is 0.456 e. The quantitative estimate of drug-likeness (QED) is 0.163. The van der Waals surface area contributed by atoms with E-state index in [1.54, 1.807) is 11.3 Å². The minimum Gasteiger partial charge on any atom is -0.456 e. The molecule has 0 radical (unpaired) electrons. The molecule has 0 aliphatic heterocycles. The van der Waals surface area contributed by atoms with Gasteiger partial charge < -0.3 is 9.32 Å². The molecule has 0 saturated heterocycles. The molecule has 11 rings (SSSR count). The van der Waals surface area contributed by atoms with Crippen molar-refractivity contribution in [2.24, 2.45) is 0 Å². The highest BCUT2D eigenvalue weighted by atomic mass is 32.1. The lowest BCUT2D eigenvalue weighted by atomic mass is 10.0. The number of aromatic nitrogens is 2. The van der Waals surface area contributed by atoms with Crippen LogP contribution < -0.4 is 4.90 Å². The number of para-hydroxylation sites is 1. The summed E-state index contributed by atoms with van der Waals surface area (Å²) in [5.74, 6) is 0.675. The fourth-order valence-corrected chi connectivity index (χ4v) is 9.13. The van der Waals surface area contributed by atoms with Crippen LogP contribution in [0, 0.1) is 0 Å². The molecule has 3 aromatic heterocycles. The average molecular weight is 748 g/mol. The molecule has 0 fully saturated rings. The molecule has 0 saturated carbocycles. The Bertz CT molecular complexity index is 3230. The van der Waals surface area contributed by atoms with Crippen molar-refractivity contribution in [3.05, 3.63) is 200 Å². The number of hydrogen-bond donors (Lipinski definition) is 0. The topological polar surface area (TPSA) is 42.2 Å². The van der Waals surface area contributed by atoms with Crippen molar-refractivity contribution in [1.82, 2.24) is 9.97 Å². The van der Waals surface area contributed by atoms with Gasteiger partial charge in [0.15, 0.2) is 5.82 Å². The van der Waals surface area contributed by atoms with Crippen molar-refractivity contribution in [1.29, 1.82) is 0 Å². The highest BCUT2D eigenvalue weighted by molar-refractivity contribution is 7.26. The van der Waals surface area contributed by atoms with Crippen LogP contribution in [0.5, 0.6) is 0 Å². The van der Waals surface area contributed by atoms with E-state index in [4.69, 9.17) is 14.4 Å². The summed E-state index contributed by atoms with van der Waals surface area (Å²) < 4.78 is 8.98. The van der Waals surface area contributed by atoms with Crippen LogP contribution in [0.4, 0.5) is 17.1 Å². The lowest BCUT2D eigenvalue weighted by Gasteiger charge is -2.26. The third kappa shape index (κ3) is 5.84. The first kappa shape index (κ1) is 33.0. The number of thiophene rings is 1. The molecule has 0 amide bonds. The third-order valence-corrected chi connectivity index (χ3v) is 11.9. The summed E-state index contributed by atoms with van der Waals surface area (Å²) in [6, 6.07) is 70.1. The zero-order valence-electron chi connectivity index (χ0n) is 30.7. The Balaban J connectivity index is 1.07. The number of hydrogen-bond acceptors (Lipinski definition) is 5. The van der Waals surface area contributed by atoms with Crippen LogP contribution in [0.1, 0.15) is 0 Å². The van der Waals surface area contributed by atoms with Gasteiger partial charge in [0.1, 0.15) is 11.2 Å². The maximum atomic E-state index is 6.70. The van der Waals surface area contributed by atoms with Gasteiger partial charge in [0.25, 0.3) is 0 Å². The molecule has 0 aliphatic rings. The molecule has 5 heteroatoms. The number of furan rings is 1. The predicted octanol–water partition coefficient (Wildman–Crippen LogP) is 14.9. The molecular weight excluding hydrogens is 715 g/mol. The van der Waals surface area contributed by atoms with E-state index >= 15 is 0 Å². The lowest BCUT2D eigenvalue weighted by molar-refractivity contribution is 0.669. The normalized spacial score (nSPS) is 11.5. The third-order valence-electron chi connectivity index (χ3n) is 10.7. The van der Waals surface area contributed by atoms with Crippen molar-refractivity contribution in [2.45, 2.75) is 0 Å². The molecule has 0 aliphatic carbocycles. The molecule has 3 heterocycles. The van der Waals surface area contributed by atoms with E-state index in [0.717, 1.165) is 77.0 Å². The first-order chi connectivity index (χ1) is 28.2. The van der Waals surface area contributed by atoms with Gasteiger partial charge in [-0.1, -0.05) is 146 Å². The summed E-state index contributed by atoms with van der Waals surface area (Å²) in [5.41, 5.74) is 13.3. The SMILES string of the molecule is c1ccc(-c2ccc(-c3nc(-c4cccc5oc6cc(N(c7ccccc7)c7cccc(-c8ccccc8)c7)ccc6c45)nc4c3sc3ccccc34)cc2)cc1. The number of benzene rings is 8. The molecule has 0 N–H and O–H groups in total. The number of anilines is 3. The maximum Gasteiger partial charge on any atom is 0.161 e. The Hall–Kier alpha value is -7.34. The zero-order valence-corrected chi connectivity index (χ0v) is 31.5. The van der Waals surface area contributed by atoms with Gasteiger partial charge in [-0.05, 0) is 70.8 Å². The smallest absolute Gasteiger partial charge is 0.161 e. The first-order valence-electron chi connectivity index (χ1n) is 19.1. The number of rotatable bonds is 7. The van der Waals surface area contributed by atoms with Gasteiger partial charge in [0.05, 0.1) is 15.9 Å². The van der Waals surface area contributed by atoms with Crippen molar-refractivity contribution < 1.29 is 4.42 Å². The van der Waals surface area contributed by atoms with Crippen molar-refractivity contribution in [3.8, 4) is 44.9 Å². The summed E-state index contributed by atoms with van der Waals surface area (Å²) in [7, 11) is 0. The van der Waals surface area contributed by atoms with Gasteiger partial charge in [-0.2, -0.15) is 0 Å². The minimum atomic E-state index is 0.675. The molecule has 4 nitrogen and oxygen atoms in total. The molecule has 0 atom stereocenters. The van der Waals surface area contributed by atoms with Crippen molar-refractivity contribution in [3.63, 3.8) is 0 Å². The van der Waals surface area contributed by atoms with Gasteiger partial charge in [-0.15, -0.1) is 11.3 Å². The zero-order chi connectivity index (χ0) is 37.7. The standard InChI is InChI=1S/C52H33N3OS/c1-4-14-34(15-5-1)36-26-28-37(29-27-36)49-51-50(43-22-10-11-25-47(43)57-51)54-52(53-49)44-23-13-24-45-48(44)42-31-30-41(33-46(42)56-45)55(39-19-8-3-9-20-39)40-21-12-18-38(32-40)35-16-6-2-7-17-35/h1-33H. The molecular formula is C52H33N3OS. The van der Waals surface area contributed by atoms with Crippen molar-refractivity contribution in [2.75, 3.05) is 4.90 Å². The van der Waals surface area contributed by atoms with E-state index in [-0.39, 0.29) is 0 Å². The van der Waals surface area contributed by atoms with Gasteiger partial charge in [0, 0.05) is 55.1 Å². The number of nitrogens with zero attached hydrogens (tertiary/aromatic N) is 3. The van der Waals surface area contributed by atoms with Gasteiger partial charge >= 0.3 is 0 Å². The Morgan fingerprint density at radius 2 is 1.04 bits per heavy atom. The highest BCUT2D eigenvalue weighted by Crippen LogP contribution is 2.44. The van der Waals surface area contributed by atoms with Crippen LogP contribution >= 0.6 is 11.3 Å². The second kappa shape index (κ2) is 13.7. The molecule has 11 aromatic rings. The molecule has 268 valence electrons. The summed E-state index contributed by atoms with van der Waals surface area (Å²) >= 11 is 1.75. The van der Waals surface area contributed by atoms with Gasteiger partial charge in [0.2, 0.25) is 0 Å². The molecule has 0 bridgehead atoms. The predicted molar refractivity (Wildman–Crippen MR) is 239 cm³/mol. The first-order valence-corrected chi connectivity index (χ1v) is 19.9. The highest BCUT2D eigenvalue weighted by Gasteiger charge is 2.21. The molecule has 0 unspecified atom stereocenters. The van der Waals surface area contributed by atoms with Crippen molar-refractivity contribution >= 4 is 70.6 Å². The van der Waals surface area contributed by atoms with E-state index in [1.165, 1.54) is 21.4 Å². The second-order valence-corrected chi connectivity index (χ2v) is 15.2. The van der Waals surface area contributed by atoms with E-state index in [1.807, 2.05) is 18.2 Å².